The minimum atomic E-state index is -1.34. The highest BCUT2D eigenvalue weighted by atomic mass is 35.5. The molecule has 3 aliphatic rings. The number of aliphatic hydroxyl groups excluding tert-OH is 1. The van der Waals surface area contributed by atoms with E-state index in [4.69, 9.17) is 21.3 Å². The molecule has 6 rings (SSSR count). The first-order valence-corrected chi connectivity index (χ1v) is 12.9. The van der Waals surface area contributed by atoms with Gasteiger partial charge in [0.2, 0.25) is 0 Å². The van der Waals surface area contributed by atoms with Crippen LogP contribution in [-0.2, 0) is 27.9 Å². The summed E-state index contributed by atoms with van der Waals surface area (Å²) in [5.41, 5.74) is 4.38. The summed E-state index contributed by atoms with van der Waals surface area (Å²) in [5, 5.41) is 11.1. The maximum atomic E-state index is 13.2. The van der Waals surface area contributed by atoms with Crippen LogP contribution in [0.4, 0.5) is 0 Å². The molecular weight excluding hydrogens is 492 g/mol. The van der Waals surface area contributed by atoms with E-state index < -0.39 is 12.0 Å². The first-order chi connectivity index (χ1) is 17.9. The van der Waals surface area contributed by atoms with Crippen LogP contribution in [0.3, 0.4) is 0 Å². The van der Waals surface area contributed by atoms with Gasteiger partial charge in [0.1, 0.15) is 5.82 Å². The molecule has 1 amide bonds. The number of nitrogens with zero attached hydrogens (tertiary/aromatic N) is 3. The minimum Gasteiger partial charge on any atom is -0.378 e. The lowest BCUT2D eigenvalue weighted by atomic mass is 9.92. The molecule has 9 heteroatoms. The van der Waals surface area contributed by atoms with Gasteiger partial charge in [0.05, 0.1) is 36.4 Å². The molecule has 190 valence electrons. The Labute approximate surface area is 219 Å². The fraction of sp³-hybridized carbons (Fsp3) is 0.357. The second-order valence-electron chi connectivity index (χ2n) is 9.91. The number of carbonyl (C=O) groups is 1. The average Bonchev–Trinajstić information content (AvgIpc) is 3.75. The molecule has 2 aliphatic heterocycles. The second-order valence-corrected chi connectivity index (χ2v) is 10.3. The highest BCUT2D eigenvalue weighted by Gasteiger charge is 2.49. The molecule has 1 aliphatic carbocycles. The molecule has 4 heterocycles. The molecule has 37 heavy (non-hydrogen) atoms. The van der Waals surface area contributed by atoms with Crippen molar-refractivity contribution in [1.82, 2.24) is 19.9 Å². The predicted molar refractivity (Wildman–Crippen MR) is 138 cm³/mol. The van der Waals surface area contributed by atoms with Crippen molar-refractivity contribution in [3.8, 4) is 0 Å². The molecule has 1 aromatic carbocycles. The van der Waals surface area contributed by atoms with Crippen LogP contribution in [0.5, 0.6) is 0 Å². The number of H-pyrrole nitrogens is 1. The number of rotatable bonds is 5. The van der Waals surface area contributed by atoms with Crippen molar-refractivity contribution in [2.45, 2.75) is 43.7 Å². The van der Waals surface area contributed by atoms with Gasteiger partial charge in [-0.3, -0.25) is 14.6 Å². The SMILES string of the molecule is O=C(C(O)c1cccc(Cl)c1)N1CCc2nc(C3(c4cncc(C5=CCOCC5)c4)CC3)[nH]c(=O)c2C1. The van der Waals surface area contributed by atoms with Crippen molar-refractivity contribution in [2.75, 3.05) is 19.8 Å². The van der Waals surface area contributed by atoms with Gasteiger partial charge < -0.3 is 19.7 Å². The number of pyridine rings is 1. The van der Waals surface area contributed by atoms with E-state index in [0.29, 0.717) is 53.8 Å². The smallest absolute Gasteiger partial charge is 0.256 e. The van der Waals surface area contributed by atoms with E-state index in [2.05, 4.69) is 22.1 Å². The third kappa shape index (κ3) is 4.50. The summed E-state index contributed by atoms with van der Waals surface area (Å²) < 4.78 is 5.44. The van der Waals surface area contributed by atoms with Gasteiger partial charge in [0.25, 0.3) is 11.5 Å². The highest BCUT2D eigenvalue weighted by molar-refractivity contribution is 6.30. The number of fused-ring (bicyclic) bond motifs is 1. The molecule has 0 radical (unpaired) electrons. The van der Waals surface area contributed by atoms with Gasteiger partial charge in [0.15, 0.2) is 6.10 Å². The van der Waals surface area contributed by atoms with Gasteiger partial charge >= 0.3 is 0 Å². The number of nitrogens with one attached hydrogen (secondary N) is 1. The maximum Gasteiger partial charge on any atom is 0.256 e. The zero-order valence-electron chi connectivity index (χ0n) is 20.2. The number of halogens is 1. The van der Waals surface area contributed by atoms with Gasteiger partial charge in [-0.25, -0.2) is 4.98 Å². The number of hydrogen-bond donors (Lipinski definition) is 2. The first kappa shape index (κ1) is 24.0. The molecule has 8 nitrogen and oxygen atoms in total. The standard InChI is InChI=1S/C28H27ClN4O4/c29-21-3-1-2-18(13-21)24(34)26(36)33-9-4-23-22(16-33)25(35)32-27(31-23)28(7-8-28)20-12-19(14-30-15-20)17-5-10-37-11-6-17/h1-3,5,12-15,24,34H,4,6-11,16H2,(H,31,32,35). The number of aromatic amines is 1. The van der Waals surface area contributed by atoms with Crippen LogP contribution >= 0.6 is 11.6 Å². The molecule has 3 aromatic rings. The highest BCUT2D eigenvalue weighted by Crippen LogP contribution is 2.52. The normalized spacial score (nSPS) is 19.1. The van der Waals surface area contributed by atoms with Gasteiger partial charge in [-0.1, -0.05) is 29.8 Å². The first-order valence-electron chi connectivity index (χ1n) is 12.5. The monoisotopic (exact) mass is 518 g/mol. The molecule has 1 atom stereocenters. The summed E-state index contributed by atoms with van der Waals surface area (Å²) in [7, 11) is 0. The third-order valence-corrected chi connectivity index (χ3v) is 7.84. The second kappa shape index (κ2) is 9.52. The number of hydrogen-bond acceptors (Lipinski definition) is 6. The summed E-state index contributed by atoms with van der Waals surface area (Å²) in [5.74, 6) is 0.204. The lowest BCUT2D eigenvalue weighted by Gasteiger charge is -2.30. The van der Waals surface area contributed by atoms with E-state index in [9.17, 15) is 14.7 Å². The summed E-state index contributed by atoms with van der Waals surface area (Å²) in [4.78, 5) is 40.1. The van der Waals surface area contributed by atoms with Crippen molar-refractivity contribution in [1.29, 1.82) is 0 Å². The number of aliphatic hydroxyl groups is 1. The predicted octanol–water partition coefficient (Wildman–Crippen LogP) is 3.32. The van der Waals surface area contributed by atoms with E-state index in [1.807, 2.05) is 12.4 Å². The number of benzene rings is 1. The fourth-order valence-electron chi connectivity index (χ4n) is 5.29. The Morgan fingerprint density at radius 1 is 1.22 bits per heavy atom. The Hall–Kier alpha value is -3.33. The Morgan fingerprint density at radius 3 is 2.84 bits per heavy atom. The maximum absolute atomic E-state index is 13.2. The Bertz CT molecular complexity index is 1460. The Morgan fingerprint density at radius 2 is 2.08 bits per heavy atom. The largest absolute Gasteiger partial charge is 0.378 e. The number of amides is 1. The Balaban J connectivity index is 1.25. The van der Waals surface area contributed by atoms with Crippen molar-refractivity contribution in [3.05, 3.63) is 98.0 Å². The molecule has 0 bridgehead atoms. The van der Waals surface area contributed by atoms with Gasteiger partial charge in [-0.05, 0) is 59.7 Å². The number of carbonyl (C=O) groups excluding carboxylic acids is 1. The number of ether oxygens (including phenoxy) is 1. The molecule has 0 saturated heterocycles. The fourth-order valence-corrected chi connectivity index (χ4v) is 5.48. The van der Waals surface area contributed by atoms with E-state index in [1.165, 1.54) is 10.5 Å². The van der Waals surface area contributed by atoms with Crippen molar-refractivity contribution in [2.24, 2.45) is 0 Å². The van der Waals surface area contributed by atoms with Gasteiger partial charge in [0, 0.05) is 30.4 Å². The van der Waals surface area contributed by atoms with E-state index in [-0.39, 0.29) is 17.5 Å². The Kier molecular flexibility index (Phi) is 6.18. The van der Waals surface area contributed by atoms with Crippen molar-refractivity contribution < 1.29 is 14.6 Å². The molecule has 2 aromatic heterocycles. The zero-order valence-corrected chi connectivity index (χ0v) is 21.0. The number of aromatic nitrogens is 3. The van der Waals surface area contributed by atoms with Gasteiger partial charge in [-0.15, -0.1) is 0 Å². The summed E-state index contributed by atoms with van der Waals surface area (Å²) in [6, 6.07) is 8.76. The lowest BCUT2D eigenvalue weighted by molar-refractivity contribution is -0.141. The molecular formula is C28H27ClN4O4. The van der Waals surface area contributed by atoms with Crippen LogP contribution in [0.1, 0.15) is 59.1 Å². The molecule has 1 unspecified atom stereocenters. The summed E-state index contributed by atoms with van der Waals surface area (Å²) >= 11 is 6.01. The lowest BCUT2D eigenvalue weighted by Crippen LogP contribution is -2.42. The van der Waals surface area contributed by atoms with Crippen LogP contribution < -0.4 is 5.56 Å². The van der Waals surface area contributed by atoms with E-state index in [0.717, 1.165) is 30.4 Å². The summed E-state index contributed by atoms with van der Waals surface area (Å²) in [6.45, 7) is 1.80. The third-order valence-electron chi connectivity index (χ3n) is 7.61. The molecule has 1 saturated carbocycles. The molecule has 1 fully saturated rings. The zero-order chi connectivity index (χ0) is 25.6. The van der Waals surface area contributed by atoms with Crippen LogP contribution in [0, 0.1) is 0 Å². The summed E-state index contributed by atoms with van der Waals surface area (Å²) in [6.07, 6.45) is 7.58. The van der Waals surface area contributed by atoms with Crippen LogP contribution in [0.2, 0.25) is 5.02 Å². The minimum absolute atomic E-state index is 0.106. The van der Waals surface area contributed by atoms with E-state index in [1.54, 1.807) is 24.3 Å². The van der Waals surface area contributed by atoms with Gasteiger partial charge in [-0.2, -0.15) is 0 Å². The quantitative estimate of drug-likeness (QED) is 0.536. The van der Waals surface area contributed by atoms with Crippen LogP contribution in [0.25, 0.3) is 5.57 Å². The topological polar surface area (TPSA) is 108 Å². The van der Waals surface area contributed by atoms with E-state index >= 15 is 0 Å². The van der Waals surface area contributed by atoms with Crippen molar-refractivity contribution in [3.63, 3.8) is 0 Å². The van der Waals surface area contributed by atoms with Crippen molar-refractivity contribution >= 4 is 23.1 Å². The molecule has 2 N–H and O–H groups in total. The average molecular weight is 519 g/mol. The van der Waals surface area contributed by atoms with Crippen LogP contribution in [-0.4, -0.2) is 50.6 Å². The molecule has 0 spiro atoms. The van der Waals surface area contributed by atoms with Crippen LogP contribution in [0.15, 0.2) is 53.6 Å².